The van der Waals surface area contributed by atoms with Gasteiger partial charge in [-0.1, -0.05) is 82.7 Å². The Morgan fingerprint density at radius 3 is 1.92 bits per heavy atom. The molecule has 3 aromatic carbocycles. The summed E-state index contributed by atoms with van der Waals surface area (Å²) in [6, 6.07) is 28.7. The standard InChI is InChI=1S/C22H20NSi/c1-17-13-14-21-20(15-17)22(16-23(21)2)24(18-9-5-3-6-10-18)19-11-7-4-8-12-19/h3-16H,1-2H3. The second-order valence-corrected chi connectivity index (χ2v) is 8.72. The van der Waals surface area contributed by atoms with Gasteiger partial charge in [-0.15, -0.1) is 0 Å². The summed E-state index contributed by atoms with van der Waals surface area (Å²) in [7, 11) is 1.13. The van der Waals surface area contributed by atoms with Crippen LogP contribution in [0.1, 0.15) is 5.56 Å². The van der Waals surface area contributed by atoms with E-state index in [2.05, 4.69) is 104 Å². The number of hydrogen-bond donors (Lipinski definition) is 0. The van der Waals surface area contributed by atoms with Gasteiger partial charge in [0.2, 0.25) is 0 Å². The van der Waals surface area contributed by atoms with E-state index in [1.165, 1.54) is 32.0 Å². The molecule has 0 fully saturated rings. The number of aryl methyl sites for hydroxylation is 2. The van der Waals surface area contributed by atoms with Crippen molar-refractivity contribution >= 4 is 35.3 Å². The number of aromatic nitrogens is 1. The number of fused-ring (bicyclic) bond motifs is 1. The molecule has 1 nitrogen and oxygen atoms in total. The third-order valence-electron chi connectivity index (χ3n) is 4.54. The smallest absolute Gasteiger partial charge is 0.157 e. The minimum absolute atomic E-state index is 1.02. The first-order valence-electron chi connectivity index (χ1n) is 8.28. The zero-order valence-corrected chi connectivity index (χ0v) is 15.0. The largest absolute Gasteiger partial charge is 0.351 e. The van der Waals surface area contributed by atoms with Gasteiger partial charge in [-0.25, -0.2) is 0 Å². The zero-order chi connectivity index (χ0) is 16.5. The third-order valence-corrected chi connectivity index (χ3v) is 7.30. The van der Waals surface area contributed by atoms with Gasteiger partial charge in [0.25, 0.3) is 0 Å². The van der Waals surface area contributed by atoms with Gasteiger partial charge in [-0.3, -0.25) is 0 Å². The highest BCUT2D eigenvalue weighted by Gasteiger charge is 2.23. The molecule has 0 aliphatic heterocycles. The van der Waals surface area contributed by atoms with Crippen molar-refractivity contribution in [1.82, 2.24) is 4.57 Å². The molecule has 4 aromatic rings. The van der Waals surface area contributed by atoms with Crippen LogP contribution in [-0.2, 0) is 7.05 Å². The Kier molecular flexibility index (Phi) is 3.83. The Hall–Kier alpha value is -2.58. The van der Waals surface area contributed by atoms with Crippen LogP contribution in [0.2, 0.25) is 0 Å². The molecular formula is C22H20NSi. The molecule has 0 amide bonds. The molecule has 0 atom stereocenters. The molecule has 1 radical (unpaired) electrons. The molecule has 0 aliphatic rings. The average molecular weight is 326 g/mol. The second-order valence-electron chi connectivity index (χ2n) is 6.28. The first-order valence-corrected chi connectivity index (χ1v) is 9.78. The summed E-state index contributed by atoms with van der Waals surface area (Å²) in [5.74, 6) is 0. The molecule has 0 saturated heterocycles. The lowest BCUT2D eigenvalue weighted by Gasteiger charge is -2.15. The monoisotopic (exact) mass is 326 g/mol. The van der Waals surface area contributed by atoms with Crippen LogP contribution >= 0.6 is 0 Å². The molecule has 2 heteroatoms. The van der Waals surface area contributed by atoms with Crippen molar-refractivity contribution in [3.05, 3.63) is 90.6 Å². The molecular weight excluding hydrogens is 306 g/mol. The maximum Gasteiger partial charge on any atom is 0.157 e. The fourth-order valence-corrected chi connectivity index (χ4v) is 6.19. The lowest BCUT2D eigenvalue weighted by Crippen LogP contribution is -2.51. The van der Waals surface area contributed by atoms with Crippen LogP contribution in [0, 0.1) is 6.92 Å². The van der Waals surface area contributed by atoms with Gasteiger partial charge in [-0.05, 0) is 29.6 Å². The predicted octanol–water partition coefficient (Wildman–Crippen LogP) is 3.00. The maximum absolute atomic E-state index is 2.33. The zero-order valence-electron chi connectivity index (χ0n) is 14.0. The Balaban J connectivity index is 2.00. The highest BCUT2D eigenvalue weighted by molar-refractivity contribution is 6.96. The Morgan fingerprint density at radius 2 is 1.33 bits per heavy atom. The van der Waals surface area contributed by atoms with Crippen molar-refractivity contribution in [1.29, 1.82) is 0 Å². The Bertz CT molecular complexity index is 931. The van der Waals surface area contributed by atoms with Crippen molar-refractivity contribution in [2.24, 2.45) is 7.05 Å². The SMILES string of the molecule is Cc1ccc2c(c1)c([Si](c1ccccc1)c1ccccc1)cn2C. The number of rotatable bonds is 3. The first kappa shape index (κ1) is 15.0. The first-order chi connectivity index (χ1) is 11.7. The van der Waals surface area contributed by atoms with Crippen LogP contribution in [0.3, 0.4) is 0 Å². The van der Waals surface area contributed by atoms with Gasteiger partial charge in [0, 0.05) is 18.8 Å². The summed E-state index contributed by atoms with van der Waals surface area (Å²) < 4.78 is 2.26. The van der Waals surface area contributed by atoms with E-state index in [1.807, 2.05) is 0 Å². The van der Waals surface area contributed by atoms with Crippen molar-refractivity contribution < 1.29 is 0 Å². The molecule has 0 bridgehead atoms. The molecule has 0 saturated carbocycles. The van der Waals surface area contributed by atoms with Crippen LogP contribution in [0.25, 0.3) is 10.9 Å². The van der Waals surface area contributed by atoms with Crippen molar-refractivity contribution in [2.75, 3.05) is 0 Å². The topological polar surface area (TPSA) is 4.93 Å². The number of nitrogens with zero attached hydrogens (tertiary/aromatic N) is 1. The molecule has 1 aromatic heterocycles. The van der Waals surface area contributed by atoms with Gasteiger partial charge >= 0.3 is 0 Å². The van der Waals surface area contributed by atoms with Crippen LogP contribution in [0.15, 0.2) is 85.1 Å². The summed E-state index contributed by atoms with van der Waals surface area (Å²) in [4.78, 5) is 0. The molecule has 4 rings (SSSR count). The maximum atomic E-state index is 2.33. The molecule has 0 spiro atoms. The Labute approximate surface area is 144 Å². The summed E-state index contributed by atoms with van der Waals surface area (Å²) in [6.07, 6.45) is 2.33. The summed E-state index contributed by atoms with van der Waals surface area (Å²) >= 11 is 0. The molecule has 117 valence electrons. The highest BCUT2D eigenvalue weighted by Crippen LogP contribution is 2.16. The third kappa shape index (κ3) is 2.59. The van der Waals surface area contributed by atoms with Crippen LogP contribution in [-0.4, -0.2) is 13.4 Å². The molecule has 1 heterocycles. The van der Waals surface area contributed by atoms with Gasteiger partial charge in [0.1, 0.15) is 0 Å². The fourth-order valence-electron chi connectivity index (χ4n) is 3.39. The second kappa shape index (κ2) is 6.14. The lowest BCUT2D eigenvalue weighted by molar-refractivity contribution is 0.972. The Morgan fingerprint density at radius 1 is 0.750 bits per heavy atom. The van der Waals surface area contributed by atoms with Gasteiger partial charge in [0.05, 0.1) is 0 Å². The molecule has 0 N–H and O–H groups in total. The normalized spacial score (nSPS) is 11.3. The van der Waals surface area contributed by atoms with E-state index in [1.54, 1.807) is 0 Å². The van der Waals surface area contributed by atoms with E-state index in [4.69, 9.17) is 0 Å². The summed E-state index contributed by atoms with van der Waals surface area (Å²) in [5, 5.41) is 5.73. The minimum atomic E-state index is -1.02. The van der Waals surface area contributed by atoms with Crippen molar-refractivity contribution in [3.63, 3.8) is 0 Å². The fraction of sp³-hybridized carbons (Fsp3) is 0.0909. The van der Waals surface area contributed by atoms with Gasteiger partial charge in [0.15, 0.2) is 8.80 Å². The van der Waals surface area contributed by atoms with E-state index < -0.39 is 8.80 Å². The molecule has 0 unspecified atom stereocenters. The van der Waals surface area contributed by atoms with E-state index in [0.29, 0.717) is 0 Å². The van der Waals surface area contributed by atoms with Crippen molar-refractivity contribution in [2.45, 2.75) is 6.92 Å². The minimum Gasteiger partial charge on any atom is -0.351 e. The highest BCUT2D eigenvalue weighted by atomic mass is 28.3. The van der Waals surface area contributed by atoms with Crippen LogP contribution in [0.5, 0.6) is 0 Å². The van der Waals surface area contributed by atoms with Gasteiger partial charge in [-0.2, -0.15) is 0 Å². The quantitative estimate of drug-likeness (QED) is 0.510. The van der Waals surface area contributed by atoms with E-state index >= 15 is 0 Å². The van der Waals surface area contributed by atoms with Crippen LogP contribution < -0.4 is 15.6 Å². The van der Waals surface area contributed by atoms with Crippen molar-refractivity contribution in [3.8, 4) is 0 Å². The molecule has 24 heavy (non-hydrogen) atoms. The summed E-state index contributed by atoms with van der Waals surface area (Å²) in [5.41, 5.74) is 2.63. The van der Waals surface area contributed by atoms with E-state index in [-0.39, 0.29) is 0 Å². The number of hydrogen-bond acceptors (Lipinski definition) is 0. The number of benzene rings is 3. The lowest BCUT2D eigenvalue weighted by atomic mass is 10.2. The van der Waals surface area contributed by atoms with Crippen LogP contribution in [0.4, 0.5) is 0 Å². The molecule has 0 aliphatic carbocycles. The van der Waals surface area contributed by atoms with Gasteiger partial charge < -0.3 is 4.57 Å². The van der Waals surface area contributed by atoms with E-state index in [0.717, 1.165) is 0 Å². The average Bonchev–Trinajstić information content (AvgIpc) is 2.93. The van der Waals surface area contributed by atoms with E-state index in [9.17, 15) is 0 Å². The predicted molar refractivity (Wildman–Crippen MR) is 105 cm³/mol. The summed E-state index contributed by atoms with van der Waals surface area (Å²) in [6.45, 7) is 2.17.